The summed E-state index contributed by atoms with van der Waals surface area (Å²) in [6.45, 7) is 1.91. The van der Waals surface area contributed by atoms with Gasteiger partial charge in [-0.1, -0.05) is 5.57 Å². The lowest BCUT2D eigenvalue weighted by molar-refractivity contribution is -0.112. The van der Waals surface area contributed by atoms with Gasteiger partial charge in [-0.3, -0.25) is 9.59 Å². The Kier molecular flexibility index (Phi) is 7.21. The van der Waals surface area contributed by atoms with Crippen LogP contribution in [0.1, 0.15) is 43.0 Å². The minimum absolute atomic E-state index is 0.131. The van der Waals surface area contributed by atoms with Gasteiger partial charge in [-0.25, -0.2) is 4.79 Å². The quantitative estimate of drug-likeness (QED) is 0.402. The maximum Gasteiger partial charge on any atom is 0.513 e. The molecule has 1 aliphatic carbocycles. The molecule has 1 saturated carbocycles. The number of hydrogen-bond donors (Lipinski definition) is 2. The van der Waals surface area contributed by atoms with Crippen molar-refractivity contribution >= 4 is 29.3 Å². The number of carbonyl (C=O) groups is 3. The highest BCUT2D eigenvalue weighted by molar-refractivity contribution is 6.04. The summed E-state index contributed by atoms with van der Waals surface area (Å²) in [5, 5.41) is 5.61. The number of allylic oxidation sites excluding steroid dienone is 1. The Hall–Kier alpha value is -3.61. The monoisotopic (exact) mass is 408 g/mol. The van der Waals surface area contributed by atoms with Crippen molar-refractivity contribution in [3.63, 3.8) is 0 Å². The Balaban J connectivity index is 1.53. The van der Waals surface area contributed by atoms with Crippen LogP contribution in [0.5, 0.6) is 5.75 Å². The van der Waals surface area contributed by atoms with Gasteiger partial charge in [0.2, 0.25) is 5.91 Å². The molecule has 1 aliphatic rings. The fourth-order valence-electron chi connectivity index (χ4n) is 3.10. The Morgan fingerprint density at radius 1 is 0.900 bits per heavy atom. The second kappa shape index (κ2) is 10.2. The molecule has 0 spiro atoms. The number of benzene rings is 2. The predicted molar refractivity (Wildman–Crippen MR) is 114 cm³/mol. The molecule has 1 fully saturated rings. The van der Waals surface area contributed by atoms with E-state index < -0.39 is 6.16 Å². The van der Waals surface area contributed by atoms with Crippen molar-refractivity contribution in [1.29, 1.82) is 0 Å². The standard InChI is InChI=1S/C23H24N2O5/c1-2-29-23(28)30-20-13-7-17(8-14-20)22(27)25-19-11-9-18(10-12-19)24-21(26)15-16-5-3-4-6-16/h7-15H,2-6H2,1H3,(H,24,26)(H,25,27). The molecule has 0 aromatic heterocycles. The average molecular weight is 408 g/mol. The number of carbonyl (C=O) groups excluding carboxylic acids is 3. The predicted octanol–water partition coefficient (Wildman–Crippen LogP) is 4.91. The molecule has 30 heavy (non-hydrogen) atoms. The summed E-state index contributed by atoms with van der Waals surface area (Å²) < 4.78 is 9.66. The second-order valence-corrected chi connectivity index (χ2v) is 6.84. The van der Waals surface area contributed by atoms with E-state index in [0.717, 1.165) is 25.7 Å². The molecule has 2 N–H and O–H groups in total. The van der Waals surface area contributed by atoms with Gasteiger partial charge in [-0.15, -0.1) is 0 Å². The van der Waals surface area contributed by atoms with Crippen LogP contribution in [0, 0.1) is 0 Å². The van der Waals surface area contributed by atoms with Gasteiger partial charge in [0.1, 0.15) is 5.75 Å². The number of amides is 2. The maximum absolute atomic E-state index is 12.4. The molecule has 7 nitrogen and oxygen atoms in total. The van der Waals surface area contributed by atoms with Gasteiger partial charge in [-0.2, -0.15) is 0 Å². The zero-order valence-corrected chi connectivity index (χ0v) is 16.8. The lowest BCUT2D eigenvalue weighted by Crippen LogP contribution is -2.13. The Morgan fingerprint density at radius 2 is 1.50 bits per heavy atom. The molecule has 0 bridgehead atoms. The fraction of sp³-hybridized carbons (Fsp3) is 0.261. The van der Waals surface area contributed by atoms with Crippen LogP contribution in [-0.2, 0) is 9.53 Å². The van der Waals surface area contributed by atoms with Gasteiger partial charge < -0.3 is 20.1 Å². The molecule has 2 aromatic rings. The summed E-state index contributed by atoms with van der Waals surface area (Å²) in [5.41, 5.74) is 2.86. The van der Waals surface area contributed by atoms with Crippen LogP contribution in [0.2, 0.25) is 0 Å². The van der Waals surface area contributed by atoms with E-state index in [-0.39, 0.29) is 24.2 Å². The van der Waals surface area contributed by atoms with Crippen molar-refractivity contribution < 1.29 is 23.9 Å². The minimum atomic E-state index is -0.790. The zero-order chi connectivity index (χ0) is 21.3. The molecule has 0 heterocycles. The van der Waals surface area contributed by atoms with Crippen LogP contribution < -0.4 is 15.4 Å². The van der Waals surface area contributed by atoms with Crippen molar-refractivity contribution in [2.45, 2.75) is 32.6 Å². The molecule has 0 aliphatic heterocycles. The van der Waals surface area contributed by atoms with E-state index >= 15 is 0 Å². The Bertz CT molecular complexity index is 925. The third-order valence-corrected chi connectivity index (χ3v) is 4.57. The molecule has 0 radical (unpaired) electrons. The highest BCUT2D eigenvalue weighted by Crippen LogP contribution is 2.23. The first-order valence-corrected chi connectivity index (χ1v) is 9.90. The number of anilines is 2. The van der Waals surface area contributed by atoms with Crippen molar-refractivity contribution in [2.75, 3.05) is 17.2 Å². The molecule has 0 unspecified atom stereocenters. The molecule has 0 saturated heterocycles. The maximum atomic E-state index is 12.4. The van der Waals surface area contributed by atoms with Crippen LogP contribution in [0.25, 0.3) is 0 Å². The largest absolute Gasteiger partial charge is 0.513 e. The Labute approximate surface area is 175 Å². The number of ether oxygens (including phenoxy) is 2. The number of nitrogens with one attached hydrogen (secondary N) is 2. The average Bonchev–Trinajstić information content (AvgIpc) is 3.23. The van der Waals surface area contributed by atoms with Crippen LogP contribution in [0.4, 0.5) is 16.2 Å². The van der Waals surface area contributed by atoms with Crippen molar-refractivity contribution in [2.24, 2.45) is 0 Å². The summed E-state index contributed by atoms with van der Waals surface area (Å²) in [4.78, 5) is 35.7. The van der Waals surface area contributed by atoms with E-state index in [2.05, 4.69) is 10.6 Å². The van der Waals surface area contributed by atoms with Gasteiger partial charge in [0.05, 0.1) is 6.61 Å². The third kappa shape index (κ3) is 6.20. The van der Waals surface area contributed by atoms with Crippen LogP contribution in [-0.4, -0.2) is 24.6 Å². The van der Waals surface area contributed by atoms with Gasteiger partial charge in [-0.05, 0) is 81.1 Å². The molecule has 2 amide bonds. The van der Waals surface area contributed by atoms with E-state index in [9.17, 15) is 14.4 Å². The van der Waals surface area contributed by atoms with E-state index in [1.807, 2.05) is 0 Å². The SMILES string of the molecule is CCOC(=O)Oc1ccc(C(=O)Nc2ccc(NC(=O)C=C3CCCC3)cc2)cc1. The van der Waals surface area contributed by atoms with E-state index in [1.165, 1.54) is 17.7 Å². The minimum Gasteiger partial charge on any atom is -0.434 e. The number of hydrogen-bond acceptors (Lipinski definition) is 5. The van der Waals surface area contributed by atoms with Crippen LogP contribution in [0.3, 0.4) is 0 Å². The van der Waals surface area contributed by atoms with E-state index in [4.69, 9.17) is 9.47 Å². The molecular formula is C23H24N2O5. The lowest BCUT2D eigenvalue weighted by atomic mass is 10.2. The first-order chi connectivity index (χ1) is 14.5. The third-order valence-electron chi connectivity index (χ3n) is 4.57. The molecule has 3 rings (SSSR count). The molecule has 7 heteroatoms. The second-order valence-electron chi connectivity index (χ2n) is 6.84. The van der Waals surface area contributed by atoms with Crippen molar-refractivity contribution in [1.82, 2.24) is 0 Å². The summed E-state index contributed by atoms with van der Waals surface area (Å²) in [5.74, 6) is -0.146. The summed E-state index contributed by atoms with van der Waals surface area (Å²) in [7, 11) is 0. The van der Waals surface area contributed by atoms with E-state index in [0.29, 0.717) is 16.9 Å². The summed E-state index contributed by atoms with van der Waals surface area (Å²) in [6.07, 6.45) is 5.17. The zero-order valence-electron chi connectivity index (χ0n) is 16.8. The van der Waals surface area contributed by atoms with Gasteiger partial charge in [0, 0.05) is 23.0 Å². The normalized spacial score (nSPS) is 12.8. The highest BCUT2D eigenvalue weighted by atomic mass is 16.7. The van der Waals surface area contributed by atoms with Crippen LogP contribution in [0.15, 0.2) is 60.2 Å². The smallest absolute Gasteiger partial charge is 0.434 e. The molecule has 156 valence electrons. The fourth-order valence-corrected chi connectivity index (χ4v) is 3.10. The van der Waals surface area contributed by atoms with Crippen molar-refractivity contribution in [3.8, 4) is 5.75 Å². The first-order valence-electron chi connectivity index (χ1n) is 9.90. The molecule has 2 aromatic carbocycles. The lowest BCUT2D eigenvalue weighted by Gasteiger charge is -2.08. The van der Waals surface area contributed by atoms with Gasteiger partial charge in [0.25, 0.3) is 5.91 Å². The van der Waals surface area contributed by atoms with E-state index in [1.54, 1.807) is 49.4 Å². The Morgan fingerprint density at radius 3 is 2.10 bits per heavy atom. The number of rotatable bonds is 6. The summed E-state index contributed by atoms with van der Waals surface area (Å²) >= 11 is 0. The highest BCUT2D eigenvalue weighted by Gasteiger charge is 2.10. The van der Waals surface area contributed by atoms with Gasteiger partial charge in [0.15, 0.2) is 0 Å². The van der Waals surface area contributed by atoms with Crippen LogP contribution >= 0.6 is 0 Å². The van der Waals surface area contributed by atoms with Crippen molar-refractivity contribution in [3.05, 3.63) is 65.7 Å². The molecule has 0 atom stereocenters. The topological polar surface area (TPSA) is 93.7 Å². The first kappa shape index (κ1) is 21.1. The molecular weight excluding hydrogens is 384 g/mol. The van der Waals surface area contributed by atoms with Gasteiger partial charge >= 0.3 is 6.16 Å². The summed E-state index contributed by atoms with van der Waals surface area (Å²) in [6, 6.07) is 13.0.